The molecule has 5 heterocycles. The van der Waals surface area contributed by atoms with E-state index in [1.807, 2.05) is 55.9 Å². The molecule has 2 aliphatic rings. The van der Waals surface area contributed by atoms with Crippen LogP contribution in [0.15, 0.2) is 30.5 Å². The maximum Gasteiger partial charge on any atom is 0.227 e. The minimum atomic E-state index is 0.0161. The first-order valence-corrected chi connectivity index (χ1v) is 11.3. The largest absolute Gasteiger partial charge is 0.495 e. The molecule has 1 spiro atoms. The number of ether oxygens (including phenoxy) is 2. The third kappa shape index (κ3) is 3.33. The second-order valence-corrected chi connectivity index (χ2v) is 9.03. The van der Waals surface area contributed by atoms with Gasteiger partial charge in [0.25, 0.3) is 0 Å². The van der Waals surface area contributed by atoms with E-state index in [4.69, 9.17) is 19.4 Å². The zero-order chi connectivity index (χ0) is 23.4. The molecule has 10 nitrogen and oxygen atoms in total. The standard InChI is InChI=1S/C24H26N8O2/c1-14-9-17-11-25-23(28-20(17)22(26-14)32-12-24(13-32)7-8-34-24)27-18-6-5-16(10-19(18)33-4)21-30-29-15(2)31(21)3/h5-6,9-11H,7-8,12-13H2,1-4H3,(H,25,27,28). The number of benzene rings is 1. The summed E-state index contributed by atoms with van der Waals surface area (Å²) >= 11 is 0. The van der Waals surface area contributed by atoms with Crippen LogP contribution in [0.5, 0.6) is 5.75 Å². The van der Waals surface area contributed by atoms with Crippen LogP contribution in [0.2, 0.25) is 0 Å². The van der Waals surface area contributed by atoms with Gasteiger partial charge in [-0.3, -0.25) is 0 Å². The monoisotopic (exact) mass is 458 g/mol. The molecule has 34 heavy (non-hydrogen) atoms. The highest BCUT2D eigenvalue weighted by molar-refractivity contribution is 5.90. The molecule has 2 saturated heterocycles. The highest BCUT2D eigenvalue weighted by Gasteiger charge is 2.50. The van der Waals surface area contributed by atoms with E-state index in [1.54, 1.807) is 7.11 Å². The van der Waals surface area contributed by atoms with E-state index in [0.717, 1.165) is 71.4 Å². The van der Waals surface area contributed by atoms with E-state index in [0.29, 0.717) is 11.7 Å². The number of methoxy groups -OCH3 is 1. The van der Waals surface area contributed by atoms with Gasteiger partial charge in [0.15, 0.2) is 11.6 Å². The van der Waals surface area contributed by atoms with Crippen molar-refractivity contribution in [2.24, 2.45) is 7.05 Å². The van der Waals surface area contributed by atoms with Gasteiger partial charge in [-0.25, -0.2) is 15.0 Å². The Balaban J connectivity index is 1.32. The first-order chi connectivity index (χ1) is 16.4. The molecule has 6 rings (SSSR count). The average molecular weight is 459 g/mol. The van der Waals surface area contributed by atoms with E-state index in [-0.39, 0.29) is 5.60 Å². The van der Waals surface area contributed by atoms with Crippen molar-refractivity contribution in [3.8, 4) is 17.1 Å². The van der Waals surface area contributed by atoms with Gasteiger partial charge in [0.1, 0.15) is 22.7 Å². The van der Waals surface area contributed by atoms with E-state index in [1.165, 1.54) is 0 Å². The molecular formula is C24H26N8O2. The number of pyridine rings is 1. The Labute approximate surface area is 197 Å². The predicted octanol–water partition coefficient (Wildman–Crippen LogP) is 3.17. The number of rotatable bonds is 5. The highest BCUT2D eigenvalue weighted by atomic mass is 16.5. The van der Waals surface area contributed by atoms with Crippen molar-refractivity contribution in [1.29, 1.82) is 0 Å². The number of anilines is 3. The summed E-state index contributed by atoms with van der Waals surface area (Å²) in [5.41, 5.74) is 3.46. The molecule has 2 fully saturated rings. The van der Waals surface area contributed by atoms with Crippen molar-refractivity contribution in [2.45, 2.75) is 25.9 Å². The van der Waals surface area contributed by atoms with Gasteiger partial charge in [0.05, 0.1) is 32.5 Å². The topological polar surface area (TPSA) is 103 Å². The lowest BCUT2D eigenvalue weighted by Gasteiger charge is -2.55. The summed E-state index contributed by atoms with van der Waals surface area (Å²) in [7, 11) is 3.58. The minimum absolute atomic E-state index is 0.0161. The van der Waals surface area contributed by atoms with Crippen LogP contribution < -0.4 is 15.0 Å². The predicted molar refractivity (Wildman–Crippen MR) is 129 cm³/mol. The normalized spacial score (nSPS) is 16.4. The van der Waals surface area contributed by atoms with Crippen molar-refractivity contribution in [1.82, 2.24) is 29.7 Å². The number of aromatic nitrogens is 6. The van der Waals surface area contributed by atoms with Gasteiger partial charge in [0.2, 0.25) is 5.95 Å². The summed E-state index contributed by atoms with van der Waals surface area (Å²) in [6.07, 6.45) is 2.94. The summed E-state index contributed by atoms with van der Waals surface area (Å²) < 4.78 is 13.4. The molecule has 0 aliphatic carbocycles. The van der Waals surface area contributed by atoms with E-state index in [2.05, 4.69) is 25.4 Å². The van der Waals surface area contributed by atoms with Gasteiger partial charge >= 0.3 is 0 Å². The number of hydrogen-bond donors (Lipinski definition) is 1. The molecule has 174 valence electrons. The smallest absolute Gasteiger partial charge is 0.227 e. The van der Waals surface area contributed by atoms with Gasteiger partial charge in [-0.1, -0.05) is 0 Å². The molecule has 0 saturated carbocycles. The van der Waals surface area contributed by atoms with Crippen molar-refractivity contribution in [2.75, 3.05) is 37.0 Å². The first kappa shape index (κ1) is 20.8. The van der Waals surface area contributed by atoms with Gasteiger partial charge in [-0.15, -0.1) is 10.2 Å². The Morgan fingerprint density at radius 2 is 1.94 bits per heavy atom. The lowest BCUT2D eigenvalue weighted by molar-refractivity contribution is -0.161. The highest BCUT2D eigenvalue weighted by Crippen LogP contribution is 2.40. The second kappa shape index (κ2) is 7.63. The molecular weight excluding hydrogens is 432 g/mol. The lowest BCUT2D eigenvalue weighted by Crippen LogP contribution is -2.68. The van der Waals surface area contributed by atoms with Crippen molar-refractivity contribution in [3.63, 3.8) is 0 Å². The Morgan fingerprint density at radius 3 is 2.62 bits per heavy atom. The first-order valence-electron chi connectivity index (χ1n) is 11.3. The molecule has 3 aromatic heterocycles. The summed E-state index contributed by atoms with van der Waals surface area (Å²) in [4.78, 5) is 16.4. The molecule has 4 aromatic rings. The van der Waals surface area contributed by atoms with Gasteiger partial charge in [0, 0.05) is 36.3 Å². The summed E-state index contributed by atoms with van der Waals surface area (Å²) in [5, 5.41) is 12.7. The number of nitrogens with zero attached hydrogens (tertiary/aromatic N) is 7. The molecule has 1 aromatic carbocycles. The van der Waals surface area contributed by atoms with Crippen LogP contribution in [0, 0.1) is 13.8 Å². The Hall–Kier alpha value is -3.79. The summed E-state index contributed by atoms with van der Waals surface area (Å²) in [6.45, 7) is 6.47. The van der Waals surface area contributed by atoms with Crippen LogP contribution in [-0.2, 0) is 11.8 Å². The average Bonchev–Trinajstić information content (AvgIpc) is 3.10. The summed E-state index contributed by atoms with van der Waals surface area (Å²) in [6, 6.07) is 7.86. The molecule has 0 amide bonds. The quantitative estimate of drug-likeness (QED) is 0.483. The van der Waals surface area contributed by atoms with Crippen LogP contribution in [0.4, 0.5) is 17.5 Å². The maximum atomic E-state index is 5.79. The van der Waals surface area contributed by atoms with Crippen LogP contribution >= 0.6 is 0 Å². The number of fused-ring (bicyclic) bond motifs is 1. The fraction of sp³-hybridized carbons (Fsp3) is 0.375. The number of nitrogens with one attached hydrogen (secondary N) is 1. The van der Waals surface area contributed by atoms with Gasteiger partial charge in [-0.2, -0.15) is 0 Å². The molecule has 0 radical (unpaired) electrons. The maximum absolute atomic E-state index is 5.79. The van der Waals surface area contributed by atoms with Crippen LogP contribution in [0.25, 0.3) is 22.3 Å². The van der Waals surface area contributed by atoms with Gasteiger partial charge in [-0.05, 0) is 38.1 Å². The SMILES string of the molecule is COc1cc(-c2nnc(C)n2C)ccc1Nc1ncc2cc(C)nc(N3CC4(CCO4)C3)c2n1. The van der Waals surface area contributed by atoms with E-state index < -0.39 is 0 Å². The molecule has 0 bridgehead atoms. The number of aryl methyl sites for hydroxylation is 2. The third-order valence-corrected chi connectivity index (χ3v) is 6.70. The van der Waals surface area contributed by atoms with Crippen molar-refractivity contribution < 1.29 is 9.47 Å². The molecule has 2 aliphatic heterocycles. The Bertz CT molecular complexity index is 1400. The third-order valence-electron chi connectivity index (χ3n) is 6.70. The number of hydrogen-bond acceptors (Lipinski definition) is 9. The fourth-order valence-electron chi connectivity index (χ4n) is 4.59. The van der Waals surface area contributed by atoms with E-state index >= 15 is 0 Å². The van der Waals surface area contributed by atoms with Crippen molar-refractivity contribution in [3.05, 3.63) is 42.0 Å². The fourth-order valence-corrected chi connectivity index (χ4v) is 4.59. The van der Waals surface area contributed by atoms with Gasteiger partial charge < -0.3 is 24.3 Å². The Morgan fingerprint density at radius 1 is 1.12 bits per heavy atom. The van der Waals surface area contributed by atoms with Crippen LogP contribution in [0.3, 0.4) is 0 Å². The summed E-state index contributed by atoms with van der Waals surface area (Å²) in [5.74, 6) is 3.64. The zero-order valence-electron chi connectivity index (χ0n) is 19.7. The molecule has 1 N–H and O–H groups in total. The second-order valence-electron chi connectivity index (χ2n) is 9.03. The Kier molecular flexibility index (Phi) is 4.66. The molecule has 0 unspecified atom stereocenters. The minimum Gasteiger partial charge on any atom is -0.495 e. The van der Waals surface area contributed by atoms with Crippen LogP contribution in [-0.4, -0.2) is 62.1 Å². The van der Waals surface area contributed by atoms with E-state index in [9.17, 15) is 0 Å². The molecule has 0 atom stereocenters. The lowest BCUT2D eigenvalue weighted by atomic mass is 9.86. The zero-order valence-corrected chi connectivity index (χ0v) is 19.7. The van der Waals surface area contributed by atoms with Crippen LogP contribution in [0.1, 0.15) is 17.9 Å². The van der Waals surface area contributed by atoms with Crippen molar-refractivity contribution >= 4 is 28.4 Å². The molecule has 10 heteroatoms.